The normalized spacial score (nSPS) is 17.3. The first kappa shape index (κ1) is 9.28. The van der Waals surface area contributed by atoms with Gasteiger partial charge in [0, 0.05) is 25.7 Å². The van der Waals surface area contributed by atoms with E-state index in [4.69, 9.17) is 5.11 Å². The SMILES string of the molecule is COC(=O)N1CC(NCCO)C1. The Balaban J connectivity index is 2.07. The van der Waals surface area contributed by atoms with Gasteiger partial charge in [-0.05, 0) is 0 Å². The van der Waals surface area contributed by atoms with E-state index in [9.17, 15) is 4.79 Å². The molecule has 1 aliphatic heterocycles. The van der Waals surface area contributed by atoms with Gasteiger partial charge in [-0.1, -0.05) is 0 Å². The van der Waals surface area contributed by atoms with E-state index in [0.717, 1.165) is 0 Å². The van der Waals surface area contributed by atoms with Gasteiger partial charge in [0.05, 0.1) is 13.7 Å². The van der Waals surface area contributed by atoms with Crippen LogP contribution in [0.25, 0.3) is 0 Å². The zero-order valence-electron chi connectivity index (χ0n) is 7.12. The zero-order valence-corrected chi connectivity index (χ0v) is 7.12. The molecule has 0 atom stereocenters. The third-order valence-electron chi connectivity index (χ3n) is 1.86. The summed E-state index contributed by atoms with van der Waals surface area (Å²) in [7, 11) is 1.37. The van der Waals surface area contributed by atoms with Crippen molar-refractivity contribution in [2.45, 2.75) is 6.04 Å². The van der Waals surface area contributed by atoms with Crippen LogP contribution in [0.3, 0.4) is 0 Å². The van der Waals surface area contributed by atoms with Crippen molar-refractivity contribution in [2.24, 2.45) is 0 Å². The molecule has 5 heteroatoms. The van der Waals surface area contributed by atoms with Crippen molar-refractivity contribution in [3.63, 3.8) is 0 Å². The lowest BCUT2D eigenvalue weighted by molar-refractivity contribution is 0.0790. The number of aliphatic hydroxyl groups excluding tert-OH is 1. The van der Waals surface area contributed by atoms with Crippen molar-refractivity contribution in [2.75, 3.05) is 33.4 Å². The third-order valence-corrected chi connectivity index (χ3v) is 1.86. The van der Waals surface area contributed by atoms with Gasteiger partial charge < -0.3 is 20.1 Å². The zero-order chi connectivity index (χ0) is 8.97. The van der Waals surface area contributed by atoms with Crippen molar-refractivity contribution < 1.29 is 14.6 Å². The van der Waals surface area contributed by atoms with Crippen molar-refractivity contribution in [3.8, 4) is 0 Å². The molecule has 0 aliphatic carbocycles. The molecule has 1 rings (SSSR count). The predicted octanol–water partition coefficient (Wildman–Crippen LogP) is -0.981. The van der Waals surface area contributed by atoms with Gasteiger partial charge in [0.15, 0.2) is 0 Å². The van der Waals surface area contributed by atoms with Gasteiger partial charge in [-0.15, -0.1) is 0 Å². The maximum absolute atomic E-state index is 10.8. The van der Waals surface area contributed by atoms with Crippen LogP contribution in [0.1, 0.15) is 0 Å². The summed E-state index contributed by atoms with van der Waals surface area (Å²) < 4.78 is 4.52. The second-order valence-electron chi connectivity index (χ2n) is 2.75. The smallest absolute Gasteiger partial charge is 0.409 e. The first-order valence-corrected chi connectivity index (χ1v) is 3.95. The van der Waals surface area contributed by atoms with Gasteiger partial charge in [0.1, 0.15) is 0 Å². The summed E-state index contributed by atoms with van der Waals surface area (Å²) >= 11 is 0. The topological polar surface area (TPSA) is 61.8 Å². The average Bonchev–Trinajstić information content (AvgIpc) is 2.01. The van der Waals surface area contributed by atoms with E-state index < -0.39 is 0 Å². The Bertz CT molecular complexity index is 157. The monoisotopic (exact) mass is 174 g/mol. The number of ether oxygens (including phenoxy) is 1. The molecule has 0 unspecified atom stereocenters. The molecule has 0 aromatic heterocycles. The standard InChI is InChI=1S/C7H14N2O3/c1-12-7(11)9-4-6(5-9)8-2-3-10/h6,8,10H,2-5H2,1H3. The molecular formula is C7H14N2O3. The minimum absolute atomic E-state index is 0.134. The molecule has 70 valence electrons. The summed E-state index contributed by atoms with van der Waals surface area (Å²) in [4.78, 5) is 12.4. The molecule has 0 aromatic rings. The highest BCUT2D eigenvalue weighted by Crippen LogP contribution is 2.08. The second kappa shape index (κ2) is 4.27. The molecule has 1 amide bonds. The van der Waals surface area contributed by atoms with E-state index in [-0.39, 0.29) is 12.7 Å². The number of amides is 1. The van der Waals surface area contributed by atoms with Crippen LogP contribution in [0, 0.1) is 0 Å². The van der Waals surface area contributed by atoms with E-state index >= 15 is 0 Å². The summed E-state index contributed by atoms with van der Waals surface area (Å²) in [6.45, 7) is 2.06. The van der Waals surface area contributed by atoms with Crippen molar-refractivity contribution >= 4 is 6.09 Å². The van der Waals surface area contributed by atoms with Crippen LogP contribution >= 0.6 is 0 Å². The van der Waals surface area contributed by atoms with Crippen LogP contribution < -0.4 is 5.32 Å². The van der Waals surface area contributed by atoms with Crippen LogP contribution in [-0.2, 0) is 4.74 Å². The molecule has 1 fully saturated rings. The fourth-order valence-corrected chi connectivity index (χ4v) is 1.15. The van der Waals surface area contributed by atoms with Crippen molar-refractivity contribution in [1.29, 1.82) is 0 Å². The number of aliphatic hydroxyl groups is 1. The summed E-state index contributed by atoms with van der Waals surface area (Å²) in [5.41, 5.74) is 0. The summed E-state index contributed by atoms with van der Waals surface area (Å²) in [5, 5.41) is 11.6. The van der Waals surface area contributed by atoms with Gasteiger partial charge >= 0.3 is 6.09 Å². The minimum atomic E-state index is -0.281. The average molecular weight is 174 g/mol. The second-order valence-corrected chi connectivity index (χ2v) is 2.75. The van der Waals surface area contributed by atoms with Crippen LogP contribution in [0.4, 0.5) is 4.79 Å². The highest BCUT2D eigenvalue weighted by Gasteiger charge is 2.30. The first-order chi connectivity index (χ1) is 5.77. The fourth-order valence-electron chi connectivity index (χ4n) is 1.15. The van der Waals surface area contributed by atoms with Crippen LogP contribution in [0.5, 0.6) is 0 Å². The van der Waals surface area contributed by atoms with Gasteiger partial charge in [-0.3, -0.25) is 0 Å². The maximum atomic E-state index is 10.8. The number of carbonyl (C=O) groups is 1. The third kappa shape index (κ3) is 2.09. The Hall–Kier alpha value is -0.810. The highest BCUT2D eigenvalue weighted by atomic mass is 16.5. The molecule has 1 aliphatic rings. The number of likely N-dealkylation sites (tertiary alicyclic amines) is 1. The number of hydrogen-bond donors (Lipinski definition) is 2. The Morgan fingerprint density at radius 2 is 2.42 bits per heavy atom. The van der Waals surface area contributed by atoms with E-state index in [2.05, 4.69) is 10.1 Å². The van der Waals surface area contributed by atoms with Gasteiger partial charge in [0.2, 0.25) is 0 Å². The number of carbonyl (C=O) groups excluding carboxylic acids is 1. The first-order valence-electron chi connectivity index (χ1n) is 3.95. The van der Waals surface area contributed by atoms with Gasteiger partial charge in [-0.25, -0.2) is 4.79 Å². The molecular weight excluding hydrogens is 160 g/mol. The van der Waals surface area contributed by atoms with Crippen LogP contribution in [-0.4, -0.2) is 55.5 Å². The Morgan fingerprint density at radius 3 is 2.92 bits per heavy atom. The molecule has 0 radical (unpaired) electrons. The molecule has 1 heterocycles. The maximum Gasteiger partial charge on any atom is 0.409 e. The van der Waals surface area contributed by atoms with E-state index in [1.54, 1.807) is 4.90 Å². The Morgan fingerprint density at radius 1 is 1.75 bits per heavy atom. The number of rotatable bonds is 3. The molecule has 0 aromatic carbocycles. The minimum Gasteiger partial charge on any atom is -0.453 e. The summed E-state index contributed by atoms with van der Waals surface area (Å²) in [5.74, 6) is 0. The number of hydrogen-bond acceptors (Lipinski definition) is 4. The van der Waals surface area contributed by atoms with E-state index in [0.29, 0.717) is 25.7 Å². The van der Waals surface area contributed by atoms with Crippen LogP contribution in [0.2, 0.25) is 0 Å². The fraction of sp³-hybridized carbons (Fsp3) is 0.857. The van der Waals surface area contributed by atoms with Crippen molar-refractivity contribution in [1.82, 2.24) is 10.2 Å². The Kier molecular flexibility index (Phi) is 3.31. The van der Waals surface area contributed by atoms with Gasteiger partial charge in [0.25, 0.3) is 0 Å². The molecule has 5 nitrogen and oxygen atoms in total. The number of methoxy groups -OCH3 is 1. The number of nitrogens with one attached hydrogen (secondary N) is 1. The van der Waals surface area contributed by atoms with Crippen LogP contribution in [0.15, 0.2) is 0 Å². The van der Waals surface area contributed by atoms with E-state index in [1.807, 2.05) is 0 Å². The lowest BCUT2D eigenvalue weighted by Crippen LogP contribution is -2.60. The summed E-state index contributed by atoms with van der Waals surface area (Å²) in [6, 6.07) is 0.316. The van der Waals surface area contributed by atoms with E-state index in [1.165, 1.54) is 7.11 Å². The number of nitrogens with zero attached hydrogens (tertiary/aromatic N) is 1. The largest absolute Gasteiger partial charge is 0.453 e. The van der Waals surface area contributed by atoms with Crippen molar-refractivity contribution in [3.05, 3.63) is 0 Å². The molecule has 2 N–H and O–H groups in total. The molecule has 12 heavy (non-hydrogen) atoms. The quantitative estimate of drug-likeness (QED) is 0.577. The molecule has 1 saturated heterocycles. The summed E-state index contributed by atoms with van der Waals surface area (Å²) in [6.07, 6.45) is -0.281. The molecule has 0 spiro atoms. The predicted molar refractivity (Wildman–Crippen MR) is 42.9 cm³/mol. The Labute approximate surface area is 71.3 Å². The highest BCUT2D eigenvalue weighted by molar-refractivity contribution is 5.68. The molecule has 0 saturated carbocycles. The lowest BCUT2D eigenvalue weighted by Gasteiger charge is -2.38. The lowest BCUT2D eigenvalue weighted by atomic mass is 10.1. The van der Waals surface area contributed by atoms with Gasteiger partial charge in [-0.2, -0.15) is 0 Å². The molecule has 0 bridgehead atoms.